The van der Waals surface area contributed by atoms with Crippen molar-refractivity contribution in [3.8, 4) is 0 Å². The van der Waals surface area contributed by atoms with Crippen molar-refractivity contribution in [1.82, 2.24) is 15.1 Å². The van der Waals surface area contributed by atoms with E-state index < -0.39 is 5.56 Å². The molecular formula is C15H24N4O2. The van der Waals surface area contributed by atoms with Crippen molar-refractivity contribution in [1.29, 1.82) is 0 Å². The number of rotatable bonds is 4. The van der Waals surface area contributed by atoms with Crippen LogP contribution >= 0.6 is 0 Å². The molecule has 3 N–H and O–H groups in total. The van der Waals surface area contributed by atoms with Gasteiger partial charge < -0.3 is 10.6 Å². The Morgan fingerprint density at radius 1 is 1.43 bits per heavy atom. The first-order chi connectivity index (χ1) is 10.0. The lowest BCUT2D eigenvalue weighted by atomic mass is 10.0. The highest BCUT2D eigenvalue weighted by atomic mass is 16.2. The highest BCUT2D eigenvalue weighted by Gasteiger charge is 2.34. The maximum absolute atomic E-state index is 12.8. The number of hydrogen-bond acceptors (Lipinski definition) is 4. The number of aromatic amines is 1. The summed E-state index contributed by atoms with van der Waals surface area (Å²) in [5.74, 6) is 0.134. The van der Waals surface area contributed by atoms with Crippen LogP contribution in [0.15, 0.2) is 4.79 Å². The molecular weight excluding hydrogens is 268 g/mol. The second kappa shape index (κ2) is 6.39. The molecule has 2 unspecified atom stereocenters. The summed E-state index contributed by atoms with van der Waals surface area (Å²) in [5.41, 5.74) is 7.15. The Kier molecular flexibility index (Phi) is 4.77. The summed E-state index contributed by atoms with van der Waals surface area (Å²) in [4.78, 5) is 26.7. The lowest BCUT2D eigenvalue weighted by Gasteiger charge is -2.22. The molecule has 0 radical (unpaired) electrons. The Hall–Kier alpha value is -1.69. The van der Waals surface area contributed by atoms with Crippen molar-refractivity contribution >= 4 is 5.91 Å². The normalized spacial score (nSPS) is 21.8. The minimum absolute atomic E-state index is 0.119. The fourth-order valence-electron chi connectivity index (χ4n) is 3.16. The van der Waals surface area contributed by atoms with Gasteiger partial charge >= 0.3 is 0 Å². The van der Waals surface area contributed by atoms with Crippen LogP contribution in [0.4, 0.5) is 0 Å². The number of nitrogens with two attached hydrogens (primary N) is 1. The summed E-state index contributed by atoms with van der Waals surface area (Å²) < 4.78 is 0. The van der Waals surface area contributed by atoms with Crippen LogP contribution in [0, 0.1) is 5.92 Å². The number of aryl methyl sites for hydroxylation is 1. The predicted octanol–water partition coefficient (Wildman–Crippen LogP) is 0.704. The molecule has 0 aliphatic carbocycles. The number of nitrogens with zero attached hydrogens (tertiary/aromatic N) is 2. The van der Waals surface area contributed by atoms with Crippen molar-refractivity contribution in [3.05, 3.63) is 27.2 Å². The van der Waals surface area contributed by atoms with E-state index in [0.29, 0.717) is 31.8 Å². The second-order valence-corrected chi connectivity index (χ2v) is 5.70. The Bertz CT molecular complexity index is 582. The number of hydrogen-bond donors (Lipinski definition) is 2. The molecule has 2 rings (SSSR count). The second-order valence-electron chi connectivity index (χ2n) is 5.70. The lowest BCUT2D eigenvalue weighted by molar-refractivity contribution is 0.0740. The van der Waals surface area contributed by atoms with E-state index in [0.717, 1.165) is 17.7 Å². The van der Waals surface area contributed by atoms with Gasteiger partial charge in [-0.3, -0.25) is 9.59 Å². The van der Waals surface area contributed by atoms with E-state index in [4.69, 9.17) is 5.73 Å². The van der Waals surface area contributed by atoms with E-state index >= 15 is 0 Å². The molecule has 21 heavy (non-hydrogen) atoms. The molecule has 6 heteroatoms. The summed E-state index contributed by atoms with van der Waals surface area (Å²) >= 11 is 0. The monoisotopic (exact) mass is 292 g/mol. The summed E-state index contributed by atoms with van der Waals surface area (Å²) in [6.07, 6.45) is 2.22. The van der Waals surface area contributed by atoms with Gasteiger partial charge in [-0.05, 0) is 44.2 Å². The number of aromatic nitrogens is 2. The van der Waals surface area contributed by atoms with Gasteiger partial charge in [0.05, 0.1) is 5.69 Å². The molecule has 1 aromatic rings. The third kappa shape index (κ3) is 2.85. The fraction of sp³-hybridized carbons (Fsp3) is 0.667. The highest BCUT2D eigenvalue weighted by Crippen LogP contribution is 2.24. The Morgan fingerprint density at radius 2 is 2.14 bits per heavy atom. The Labute approximate surface area is 124 Å². The largest absolute Gasteiger partial charge is 0.335 e. The van der Waals surface area contributed by atoms with Crippen molar-refractivity contribution in [2.45, 2.75) is 46.1 Å². The number of H-pyrrole nitrogens is 1. The zero-order valence-electron chi connectivity index (χ0n) is 13.0. The van der Waals surface area contributed by atoms with E-state index in [1.165, 1.54) is 0 Å². The van der Waals surface area contributed by atoms with E-state index in [2.05, 4.69) is 10.2 Å². The third-order valence-corrected chi connectivity index (χ3v) is 4.33. The van der Waals surface area contributed by atoms with Gasteiger partial charge in [0.1, 0.15) is 5.56 Å². The number of carbonyl (C=O) groups excluding carboxylic acids is 1. The molecule has 1 aliphatic rings. The number of carbonyl (C=O) groups is 1. The highest BCUT2D eigenvalue weighted by molar-refractivity contribution is 5.95. The smallest absolute Gasteiger partial charge is 0.277 e. The van der Waals surface area contributed by atoms with Crippen LogP contribution in [-0.2, 0) is 12.8 Å². The van der Waals surface area contributed by atoms with E-state index in [-0.39, 0.29) is 17.5 Å². The van der Waals surface area contributed by atoms with Crippen LogP contribution in [-0.4, -0.2) is 40.1 Å². The maximum Gasteiger partial charge on any atom is 0.277 e. The number of amides is 1. The molecule has 1 saturated heterocycles. The van der Waals surface area contributed by atoms with Crippen molar-refractivity contribution in [2.24, 2.45) is 11.7 Å². The molecule has 0 bridgehead atoms. The molecule has 1 amide bonds. The van der Waals surface area contributed by atoms with Gasteiger partial charge in [-0.2, -0.15) is 5.10 Å². The van der Waals surface area contributed by atoms with Crippen LogP contribution in [0.25, 0.3) is 0 Å². The molecule has 1 aromatic heterocycles. The van der Waals surface area contributed by atoms with E-state index in [9.17, 15) is 9.59 Å². The molecule has 1 fully saturated rings. The minimum atomic E-state index is -0.391. The number of nitrogens with one attached hydrogen (secondary N) is 1. The van der Waals surface area contributed by atoms with Gasteiger partial charge in [0.2, 0.25) is 0 Å². The quantitative estimate of drug-likeness (QED) is 0.854. The van der Waals surface area contributed by atoms with Crippen molar-refractivity contribution < 1.29 is 4.79 Å². The van der Waals surface area contributed by atoms with Crippen LogP contribution in [0.2, 0.25) is 0 Å². The van der Waals surface area contributed by atoms with Gasteiger partial charge in [-0.1, -0.05) is 13.8 Å². The Balaban J connectivity index is 2.42. The van der Waals surface area contributed by atoms with Crippen molar-refractivity contribution in [3.63, 3.8) is 0 Å². The first kappa shape index (κ1) is 15.7. The maximum atomic E-state index is 12.8. The first-order valence-corrected chi connectivity index (χ1v) is 7.64. The molecule has 116 valence electrons. The Morgan fingerprint density at radius 3 is 2.67 bits per heavy atom. The average molecular weight is 292 g/mol. The van der Waals surface area contributed by atoms with Crippen molar-refractivity contribution in [2.75, 3.05) is 13.1 Å². The van der Waals surface area contributed by atoms with Crippen LogP contribution in [0.5, 0.6) is 0 Å². The molecule has 6 nitrogen and oxygen atoms in total. The standard InChI is InChI=1S/C15H24N4O2/c1-4-11-12(5-2)17-18-14(20)13(11)15(21)19-8-10(7-16)6-9(19)3/h9-10H,4-8,16H2,1-3H3,(H,18,20). The SMILES string of the molecule is CCc1n[nH]c(=O)c(C(=O)N2CC(CN)CC2C)c1CC. The third-order valence-electron chi connectivity index (χ3n) is 4.33. The topological polar surface area (TPSA) is 92.1 Å². The number of likely N-dealkylation sites (tertiary alicyclic amines) is 1. The van der Waals surface area contributed by atoms with Gasteiger partial charge in [0.25, 0.3) is 11.5 Å². The summed E-state index contributed by atoms with van der Waals surface area (Å²) in [6.45, 7) is 7.12. The summed E-state index contributed by atoms with van der Waals surface area (Å²) in [7, 11) is 0. The molecule has 0 saturated carbocycles. The van der Waals surface area contributed by atoms with E-state index in [1.54, 1.807) is 4.90 Å². The summed E-state index contributed by atoms with van der Waals surface area (Å²) in [5, 5.41) is 6.52. The van der Waals surface area contributed by atoms with Gasteiger partial charge in [0.15, 0.2) is 0 Å². The minimum Gasteiger partial charge on any atom is -0.335 e. The van der Waals surface area contributed by atoms with Gasteiger partial charge in [-0.25, -0.2) is 5.10 Å². The van der Waals surface area contributed by atoms with Gasteiger partial charge in [0, 0.05) is 12.6 Å². The molecule has 0 spiro atoms. The molecule has 2 atom stereocenters. The van der Waals surface area contributed by atoms with Gasteiger partial charge in [-0.15, -0.1) is 0 Å². The molecule has 0 aromatic carbocycles. The lowest BCUT2D eigenvalue weighted by Crippen LogP contribution is -2.39. The average Bonchev–Trinajstić information content (AvgIpc) is 2.87. The zero-order valence-corrected chi connectivity index (χ0v) is 13.0. The fourth-order valence-corrected chi connectivity index (χ4v) is 3.16. The summed E-state index contributed by atoms with van der Waals surface area (Å²) in [6, 6.07) is 0.119. The molecule has 2 heterocycles. The van der Waals surface area contributed by atoms with Crippen LogP contribution < -0.4 is 11.3 Å². The molecule has 1 aliphatic heterocycles. The zero-order chi connectivity index (χ0) is 15.6. The first-order valence-electron chi connectivity index (χ1n) is 7.64. The van der Waals surface area contributed by atoms with Crippen LogP contribution in [0.1, 0.15) is 48.8 Å². The van der Waals surface area contributed by atoms with E-state index in [1.807, 2.05) is 20.8 Å². The van der Waals surface area contributed by atoms with Crippen LogP contribution in [0.3, 0.4) is 0 Å². The predicted molar refractivity (Wildman–Crippen MR) is 81.3 cm³/mol.